The van der Waals surface area contributed by atoms with Crippen LogP contribution in [0.3, 0.4) is 0 Å². The van der Waals surface area contributed by atoms with Gasteiger partial charge in [-0.1, -0.05) is 0 Å². The maximum Gasteiger partial charge on any atom is 0.278 e. The van der Waals surface area contributed by atoms with Gasteiger partial charge in [0.1, 0.15) is 12.1 Å². The van der Waals surface area contributed by atoms with E-state index in [1.54, 1.807) is 24.5 Å². The molecule has 5 heterocycles. The SMILES string of the molecule is [2H]C([2H])([2H])n1cc(-c2cc3cc(NC(=O)c4coc(C5CCN(C)CC5)n4)ncc3cn2)cn1. The number of carbonyl (C=O) groups is 1. The van der Waals surface area contributed by atoms with Crippen molar-refractivity contribution in [3.8, 4) is 11.3 Å². The van der Waals surface area contributed by atoms with Crippen molar-refractivity contribution in [2.75, 3.05) is 25.5 Å². The summed E-state index contributed by atoms with van der Waals surface area (Å²) in [5, 5.41) is 8.22. The van der Waals surface area contributed by atoms with Crippen molar-refractivity contribution in [2.45, 2.75) is 18.8 Å². The van der Waals surface area contributed by atoms with Gasteiger partial charge in [-0.3, -0.25) is 14.5 Å². The van der Waals surface area contributed by atoms with E-state index in [1.807, 2.05) is 0 Å². The van der Waals surface area contributed by atoms with Crippen LogP contribution in [0.1, 0.15) is 39.3 Å². The lowest BCUT2D eigenvalue weighted by Crippen LogP contribution is -2.29. The predicted molar refractivity (Wildman–Crippen MR) is 116 cm³/mol. The average molecular weight is 420 g/mol. The van der Waals surface area contributed by atoms with Gasteiger partial charge in [0, 0.05) is 46.5 Å². The third-order valence-corrected chi connectivity index (χ3v) is 5.55. The maximum atomic E-state index is 12.7. The van der Waals surface area contributed by atoms with Gasteiger partial charge in [-0.2, -0.15) is 5.10 Å². The molecular weight excluding hydrogens is 394 g/mol. The van der Waals surface area contributed by atoms with Gasteiger partial charge >= 0.3 is 0 Å². The highest BCUT2D eigenvalue weighted by Crippen LogP contribution is 2.27. The minimum absolute atomic E-state index is 0.211. The van der Waals surface area contributed by atoms with Gasteiger partial charge in [-0.25, -0.2) is 9.97 Å². The number of likely N-dealkylation sites (tertiary alicyclic amines) is 1. The molecule has 31 heavy (non-hydrogen) atoms. The van der Waals surface area contributed by atoms with Gasteiger partial charge in [0.15, 0.2) is 11.6 Å². The van der Waals surface area contributed by atoms with Crippen molar-refractivity contribution in [1.29, 1.82) is 0 Å². The molecule has 0 atom stereocenters. The van der Waals surface area contributed by atoms with Crippen molar-refractivity contribution in [1.82, 2.24) is 29.6 Å². The Balaban J connectivity index is 1.33. The Morgan fingerprint density at radius 1 is 1.19 bits per heavy atom. The van der Waals surface area contributed by atoms with Gasteiger partial charge in [-0.15, -0.1) is 0 Å². The Morgan fingerprint density at radius 2 is 2.03 bits per heavy atom. The number of nitrogens with one attached hydrogen (secondary N) is 1. The number of amides is 1. The topological polar surface area (TPSA) is 102 Å². The molecule has 5 rings (SSSR count). The minimum Gasteiger partial charge on any atom is -0.448 e. The molecule has 1 N–H and O–H groups in total. The van der Waals surface area contributed by atoms with Crippen molar-refractivity contribution in [2.24, 2.45) is 6.98 Å². The summed E-state index contributed by atoms with van der Waals surface area (Å²) in [7, 11) is 2.09. The van der Waals surface area contributed by atoms with Crippen LogP contribution in [0.4, 0.5) is 5.82 Å². The Bertz CT molecular complexity index is 1340. The molecule has 1 amide bonds. The van der Waals surface area contributed by atoms with Crippen LogP contribution in [0, 0.1) is 0 Å². The largest absolute Gasteiger partial charge is 0.448 e. The fourth-order valence-electron chi connectivity index (χ4n) is 3.73. The number of hydrogen-bond acceptors (Lipinski definition) is 7. The number of fused-ring (bicyclic) bond motifs is 1. The molecule has 4 aromatic heterocycles. The molecule has 1 aliphatic heterocycles. The Hall–Kier alpha value is -3.59. The Kier molecular flexibility index (Phi) is 4.12. The van der Waals surface area contributed by atoms with E-state index in [4.69, 9.17) is 8.53 Å². The van der Waals surface area contributed by atoms with Crippen molar-refractivity contribution in [3.63, 3.8) is 0 Å². The van der Waals surface area contributed by atoms with Gasteiger partial charge < -0.3 is 14.6 Å². The lowest BCUT2D eigenvalue weighted by Gasteiger charge is -2.26. The first-order valence-corrected chi connectivity index (χ1v) is 10.0. The summed E-state index contributed by atoms with van der Waals surface area (Å²) in [6, 6.07) is 3.52. The van der Waals surface area contributed by atoms with Crippen molar-refractivity contribution in [3.05, 3.63) is 54.8 Å². The molecule has 1 fully saturated rings. The van der Waals surface area contributed by atoms with Gasteiger partial charge in [0.25, 0.3) is 5.91 Å². The maximum absolute atomic E-state index is 12.7. The van der Waals surface area contributed by atoms with Crippen LogP contribution in [0.25, 0.3) is 22.0 Å². The molecule has 0 bridgehead atoms. The number of rotatable bonds is 4. The van der Waals surface area contributed by atoms with E-state index < -0.39 is 12.9 Å². The number of aryl methyl sites for hydroxylation is 1. The third-order valence-electron chi connectivity index (χ3n) is 5.55. The second-order valence-corrected chi connectivity index (χ2v) is 7.76. The second kappa shape index (κ2) is 7.92. The molecule has 0 spiro atoms. The molecule has 9 heteroatoms. The summed E-state index contributed by atoms with van der Waals surface area (Å²) < 4.78 is 28.9. The highest BCUT2D eigenvalue weighted by molar-refractivity contribution is 6.03. The van der Waals surface area contributed by atoms with E-state index in [0.717, 1.165) is 41.4 Å². The lowest BCUT2D eigenvalue weighted by atomic mass is 9.97. The van der Waals surface area contributed by atoms with Crippen molar-refractivity contribution >= 4 is 22.5 Å². The molecule has 0 aromatic carbocycles. The highest BCUT2D eigenvalue weighted by atomic mass is 16.3. The standard InChI is InChI=1S/C22H23N7O2/c1-28-5-3-14(4-6-28)22-26-19(13-31-22)21(30)27-20-8-15-7-18(17-11-25-29(2)12-17)23-9-16(15)10-24-20/h7-14H,3-6H2,1-2H3,(H,24,27,30)/i2D3. The Labute approximate surface area is 183 Å². The van der Waals surface area contributed by atoms with Crippen LogP contribution in [0.2, 0.25) is 0 Å². The van der Waals surface area contributed by atoms with Crippen LogP contribution < -0.4 is 5.32 Å². The fourth-order valence-corrected chi connectivity index (χ4v) is 3.73. The smallest absolute Gasteiger partial charge is 0.278 e. The van der Waals surface area contributed by atoms with E-state index in [0.29, 0.717) is 23.0 Å². The van der Waals surface area contributed by atoms with E-state index in [2.05, 4.69) is 37.3 Å². The van der Waals surface area contributed by atoms with Crippen LogP contribution >= 0.6 is 0 Å². The first-order valence-electron chi connectivity index (χ1n) is 11.5. The molecular formula is C22H23N7O2. The summed E-state index contributed by atoms with van der Waals surface area (Å²) >= 11 is 0. The summed E-state index contributed by atoms with van der Waals surface area (Å²) in [6.45, 7) is -0.405. The zero-order chi connectivity index (χ0) is 23.9. The highest BCUT2D eigenvalue weighted by Gasteiger charge is 2.24. The van der Waals surface area contributed by atoms with E-state index >= 15 is 0 Å². The molecule has 0 radical (unpaired) electrons. The quantitative estimate of drug-likeness (QED) is 0.541. The first kappa shape index (κ1) is 16.1. The third kappa shape index (κ3) is 4.04. The summed E-state index contributed by atoms with van der Waals surface area (Å²) in [4.78, 5) is 28.1. The monoisotopic (exact) mass is 420 g/mol. The van der Waals surface area contributed by atoms with Crippen LogP contribution in [0.15, 0.2) is 47.6 Å². The predicted octanol–water partition coefficient (Wildman–Crippen LogP) is 3.08. The van der Waals surface area contributed by atoms with Gasteiger partial charge in [0.05, 0.1) is 11.9 Å². The summed E-state index contributed by atoms with van der Waals surface area (Å²) in [6.07, 6.45) is 9.42. The number of carbonyl (C=O) groups excluding carboxylic acids is 1. The molecule has 1 saturated heterocycles. The number of aromatic nitrogens is 5. The van der Waals surface area contributed by atoms with Crippen LogP contribution in [-0.2, 0) is 6.98 Å². The van der Waals surface area contributed by atoms with Crippen molar-refractivity contribution < 1.29 is 13.3 Å². The summed E-state index contributed by atoms with van der Waals surface area (Å²) in [5.74, 6) is 0.773. The fraction of sp³-hybridized carbons (Fsp3) is 0.318. The molecule has 1 aliphatic rings. The number of anilines is 1. The van der Waals surface area contributed by atoms with Crippen LogP contribution in [-0.4, -0.2) is 55.7 Å². The van der Waals surface area contributed by atoms with E-state index in [1.165, 1.54) is 18.7 Å². The first-order chi connectivity index (χ1) is 16.3. The molecule has 0 aliphatic carbocycles. The van der Waals surface area contributed by atoms with Gasteiger partial charge in [-0.05, 0) is 50.5 Å². The summed E-state index contributed by atoms with van der Waals surface area (Å²) in [5.41, 5.74) is 1.35. The zero-order valence-electron chi connectivity index (χ0n) is 19.9. The molecule has 158 valence electrons. The number of oxazole rings is 1. The van der Waals surface area contributed by atoms with E-state index in [-0.39, 0.29) is 11.6 Å². The number of piperidine rings is 1. The van der Waals surface area contributed by atoms with E-state index in [9.17, 15) is 4.79 Å². The molecule has 0 saturated carbocycles. The normalized spacial score (nSPS) is 17.3. The second-order valence-electron chi connectivity index (χ2n) is 7.76. The lowest BCUT2D eigenvalue weighted by molar-refractivity contribution is 0.102. The minimum atomic E-state index is -2.36. The zero-order valence-corrected chi connectivity index (χ0v) is 16.9. The Morgan fingerprint density at radius 3 is 2.84 bits per heavy atom. The van der Waals surface area contributed by atoms with Crippen LogP contribution in [0.5, 0.6) is 0 Å². The molecule has 4 aromatic rings. The average Bonchev–Trinajstić information content (AvgIpc) is 3.49. The number of nitrogens with zero attached hydrogens (tertiary/aromatic N) is 6. The molecule has 9 nitrogen and oxygen atoms in total. The molecule has 0 unspecified atom stereocenters. The number of hydrogen-bond donors (Lipinski definition) is 1. The number of pyridine rings is 2. The van der Waals surface area contributed by atoms with Gasteiger partial charge in [0.2, 0.25) is 0 Å².